The first-order valence-electron chi connectivity index (χ1n) is 14.7. The van der Waals surface area contributed by atoms with Gasteiger partial charge in [0.15, 0.2) is 0 Å². The van der Waals surface area contributed by atoms with Crippen LogP contribution in [0.5, 0.6) is 0 Å². The van der Waals surface area contributed by atoms with Gasteiger partial charge in [0.25, 0.3) is 0 Å². The zero-order valence-electron chi connectivity index (χ0n) is 25.8. The van der Waals surface area contributed by atoms with Crippen LogP contribution in [0, 0.1) is 0 Å². The Morgan fingerprint density at radius 3 is 1.74 bits per heavy atom. The summed E-state index contributed by atoms with van der Waals surface area (Å²) in [5.41, 5.74) is 9.06. The minimum absolute atomic E-state index is 0. The quantitative estimate of drug-likeness (QED) is 0.162. The van der Waals surface area contributed by atoms with Crippen LogP contribution in [0.2, 0.25) is 0 Å². The maximum atomic E-state index is 2.50. The van der Waals surface area contributed by atoms with Gasteiger partial charge in [-0.15, -0.1) is 24.8 Å². The second-order valence-corrected chi connectivity index (χ2v) is 44.4. The summed E-state index contributed by atoms with van der Waals surface area (Å²) in [5.74, 6) is 0. The van der Waals surface area contributed by atoms with Crippen molar-refractivity contribution in [2.75, 3.05) is 0 Å². The van der Waals surface area contributed by atoms with Gasteiger partial charge in [-0.1, -0.05) is 0 Å². The minimum atomic E-state index is -4.61. The number of halogens is 2. The van der Waals surface area contributed by atoms with E-state index in [4.69, 9.17) is 0 Å². The van der Waals surface area contributed by atoms with Crippen LogP contribution in [0.25, 0.3) is 11.1 Å². The summed E-state index contributed by atoms with van der Waals surface area (Å²) in [6, 6.07) is 35.5. The molecule has 0 saturated carbocycles. The summed E-state index contributed by atoms with van der Waals surface area (Å²) < 4.78 is 6.48. The average molecular weight is 778 g/mol. The third kappa shape index (κ3) is 4.91. The molecular weight excluding hydrogens is 734 g/mol. The van der Waals surface area contributed by atoms with E-state index in [1.807, 2.05) is 0 Å². The molecule has 0 aliphatic heterocycles. The number of benzene rings is 4. The molecule has 0 nitrogen and oxygen atoms in total. The van der Waals surface area contributed by atoms with Crippen LogP contribution in [-0.2, 0) is 34.4 Å². The second kappa shape index (κ2) is 11.5. The molecule has 0 spiro atoms. The van der Waals surface area contributed by atoms with Crippen LogP contribution in [0.4, 0.5) is 0 Å². The van der Waals surface area contributed by atoms with Crippen LogP contribution in [0.15, 0.2) is 113 Å². The van der Waals surface area contributed by atoms with E-state index >= 15 is 0 Å². The summed E-state index contributed by atoms with van der Waals surface area (Å²) in [6.45, 7) is 16.7. The van der Waals surface area contributed by atoms with E-state index in [1.54, 1.807) is 18.9 Å². The van der Waals surface area contributed by atoms with E-state index < -0.39 is 17.1 Å². The first kappa shape index (κ1) is 32.9. The molecule has 0 amide bonds. The zero-order valence-corrected chi connectivity index (χ0v) is 32.5. The minimum Gasteiger partial charge on any atom is -0.147 e. The summed E-state index contributed by atoms with van der Waals surface area (Å²) in [7, 11) is 0. The molecule has 4 heteroatoms. The molecule has 0 heterocycles. The van der Waals surface area contributed by atoms with E-state index in [0.717, 1.165) is 12.8 Å². The van der Waals surface area contributed by atoms with Gasteiger partial charge in [0.05, 0.1) is 0 Å². The van der Waals surface area contributed by atoms with Crippen molar-refractivity contribution < 1.29 is 17.1 Å². The van der Waals surface area contributed by atoms with Crippen molar-refractivity contribution in [2.45, 2.75) is 65.2 Å². The first-order chi connectivity index (χ1) is 18.9. The van der Waals surface area contributed by atoms with Crippen LogP contribution >= 0.6 is 24.8 Å². The molecule has 2 aliphatic rings. The van der Waals surface area contributed by atoms with Gasteiger partial charge in [-0.2, -0.15) is 0 Å². The molecule has 0 atom stereocenters. The Labute approximate surface area is 268 Å². The predicted molar refractivity (Wildman–Crippen MR) is 189 cm³/mol. The number of hydrogen-bond donors (Lipinski definition) is 0. The van der Waals surface area contributed by atoms with Gasteiger partial charge in [0.1, 0.15) is 0 Å². The molecule has 4 aromatic carbocycles. The zero-order chi connectivity index (χ0) is 28.4. The first-order valence-corrected chi connectivity index (χ1v) is 30.3. The van der Waals surface area contributed by atoms with Crippen LogP contribution < -0.4 is 9.96 Å². The summed E-state index contributed by atoms with van der Waals surface area (Å²) in [4.78, 5) is 0. The molecule has 0 bridgehead atoms. The molecule has 0 radical (unpaired) electrons. The van der Waals surface area contributed by atoms with Crippen LogP contribution in [0.3, 0.4) is 0 Å². The number of allylic oxidation sites excluding steroid dienone is 4. The number of fused-ring (bicyclic) bond motifs is 3. The van der Waals surface area contributed by atoms with Gasteiger partial charge >= 0.3 is 245 Å². The molecule has 0 unspecified atom stereocenters. The molecule has 6 rings (SSSR count). The van der Waals surface area contributed by atoms with Gasteiger partial charge in [-0.25, -0.2) is 0 Å². The fourth-order valence-corrected chi connectivity index (χ4v) is 41.2. The maximum absolute atomic E-state index is 4.61. The Hall–Kier alpha value is -1.97. The van der Waals surface area contributed by atoms with Gasteiger partial charge < -0.3 is 0 Å². The Morgan fingerprint density at radius 1 is 0.667 bits per heavy atom. The van der Waals surface area contributed by atoms with Crippen LogP contribution in [-0.4, -0.2) is 6.94 Å². The van der Waals surface area contributed by atoms with Gasteiger partial charge in [0, 0.05) is 0 Å². The summed E-state index contributed by atoms with van der Waals surface area (Å²) in [5, 5.41) is 0. The van der Waals surface area contributed by atoms with Crippen molar-refractivity contribution in [2.24, 2.45) is 0 Å². The fraction of sp³-hybridized carbons (Fsp3) is 0.263. The fourth-order valence-electron chi connectivity index (χ4n) is 7.45. The SMILES string of the molecule is CC(C)(C)c1ccc2c(c1)Cc1c-2ccc(C(C)(C)C)[c]1[Hf](=[SiH2])([C]1=CC=CC1)([c]1ccccc1)[c]1ccccc1.Cl.Cl. The Kier molecular flexibility index (Phi) is 9.02. The van der Waals surface area contributed by atoms with Gasteiger partial charge in [-0.3, -0.25) is 0 Å². The maximum Gasteiger partial charge on any atom is -0.147 e. The van der Waals surface area contributed by atoms with Crippen molar-refractivity contribution in [1.82, 2.24) is 0 Å². The van der Waals surface area contributed by atoms with Gasteiger partial charge in [0.2, 0.25) is 0 Å². The monoisotopic (exact) mass is 778 g/mol. The smallest absolute Gasteiger partial charge is 0.147 e. The normalized spacial score (nSPS) is 14.4. The number of rotatable bonds is 4. The van der Waals surface area contributed by atoms with Crippen molar-refractivity contribution in [1.29, 1.82) is 0 Å². The molecule has 0 N–H and O–H groups in total. The molecular formula is C38H44Cl2HfSi. The molecule has 0 fully saturated rings. The van der Waals surface area contributed by atoms with E-state index in [1.165, 1.54) is 27.8 Å². The van der Waals surface area contributed by atoms with Gasteiger partial charge in [-0.05, 0) is 0 Å². The summed E-state index contributed by atoms with van der Waals surface area (Å²) in [6.07, 6.45) is 9.25. The topological polar surface area (TPSA) is 0 Å². The third-order valence-electron chi connectivity index (χ3n) is 9.60. The summed E-state index contributed by atoms with van der Waals surface area (Å²) >= 11 is -4.61. The van der Waals surface area contributed by atoms with E-state index in [9.17, 15) is 0 Å². The Bertz CT molecular complexity index is 1710. The molecule has 0 aromatic heterocycles. The molecule has 0 saturated heterocycles. The van der Waals surface area contributed by atoms with Crippen molar-refractivity contribution in [3.05, 3.63) is 135 Å². The van der Waals surface area contributed by atoms with Crippen molar-refractivity contribution >= 4 is 41.7 Å². The predicted octanol–water partition coefficient (Wildman–Crippen LogP) is 8.05. The van der Waals surface area contributed by atoms with E-state index in [2.05, 4.69) is 158 Å². The van der Waals surface area contributed by atoms with E-state index in [-0.39, 0.29) is 35.6 Å². The third-order valence-corrected chi connectivity index (χ3v) is 46.9. The van der Waals surface area contributed by atoms with E-state index in [0.29, 0.717) is 0 Å². The second-order valence-electron chi connectivity index (χ2n) is 14.1. The van der Waals surface area contributed by atoms with Crippen molar-refractivity contribution in [3.8, 4) is 11.1 Å². The molecule has 42 heavy (non-hydrogen) atoms. The molecule has 218 valence electrons. The Morgan fingerprint density at radius 2 is 1.24 bits per heavy atom. The largest absolute Gasteiger partial charge is 0.147 e. The average Bonchev–Trinajstić information content (AvgIpc) is 3.61. The molecule has 2 aliphatic carbocycles. The van der Waals surface area contributed by atoms with Crippen LogP contribution in [0.1, 0.15) is 70.2 Å². The Balaban J connectivity index is 0.00000202. The van der Waals surface area contributed by atoms with Crippen molar-refractivity contribution in [3.63, 3.8) is 0 Å². The number of hydrogen-bond acceptors (Lipinski definition) is 0. The molecule has 4 aromatic rings. The standard InChI is InChI=1S/C21H25.2C6H5.C5H5.2ClH.Hf.H2Si/c1-20(2,3)16-7-9-18-14(12-16)11-15-13-17(21(4,5)6)8-10-19(15)18;2*1-2-4-6-5-3-1;1-2-4-5-3-1;;;;/h7-10,12H,11H2,1-6H3;2*1-5H;1-3H,4H2;2*1H;;1H2.